The van der Waals surface area contributed by atoms with Gasteiger partial charge >= 0.3 is 5.97 Å². The Balaban J connectivity index is 0.000000221. The Morgan fingerprint density at radius 1 is 1.30 bits per heavy atom. The van der Waals surface area contributed by atoms with E-state index in [-0.39, 0.29) is 11.6 Å². The SMILES string of the molecule is CC(=O)OC(C)(C)C.c1cnc(C2CCNCC2)cn1. The molecule has 20 heavy (non-hydrogen) atoms. The summed E-state index contributed by atoms with van der Waals surface area (Å²) < 4.78 is 4.80. The van der Waals surface area contributed by atoms with Crippen molar-refractivity contribution < 1.29 is 9.53 Å². The first-order valence-corrected chi connectivity index (χ1v) is 7.04. The molecule has 2 heterocycles. The minimum Gasteiger partial charge on any atom is -0.460 e. The minimum absolute atomic E-state index is 0.225. The molecule has 0 aromatic carbocycles. The van der Waals surface area contributed by atoms with Crippen LogP contribution in [0.4, 0.5) is 0 Å². The lowest BCUT2D eigenvalue weighted by atomic mass is 9.95. The van der Waals surface area contributed by atoms with Crippen LogP contribution in [0.1, 0.15) is 52.1 Å². The van der Waals surface area contributed by atoms with Crippen molar-refractivity contribution in [1.29, 1.82) is 0 Å². The molecule has 0 spiro atoms. The molecule has 0 aliphatic carbocycles. The van der Waals surface area contributed by atoms with Gasteiger partial charge in [0.25, 0.3) is 0 Å². The lowest BCUT2D eigenvalue weighted by molar-refractivity contribution is -0.151. The standard InChI is InChI=1S/C9H13N3.C6H12O2/c1-3-10-4-2-8(1)9-7-11-5-6-12-9;1-5(7)8-6(2,3)4/h5-8,10H,1-4H2;1-4H3. The Morgan fingerprint density at radius 3 is 2.35 bits per heavy atom. The van der Waals surface area contributed by atoms with Gasteiger partial charge in [-0.15, -0.1) is 0 Å². The van der Waals surface area contributed by atoms with Gasteiger partial charge < -0.3 is 10.1 Å². The fourth-order valence-electron chi connectivity index (χ4n) is 2.07. The van der Waals surface area contributed by atoms with E-state index in [1.807, 2.05) is 27.0 Å². The molecule has 5 heteroatoms. The maximum Gasteiger partial charge on any atom is 0.303 e. The average molecular weight is 279 g/mol. The lowest BCUT2D eigenvalue weighted by Crippen LogP contribution is -2.27. The predicted octanol–water partition coefficient (Wildman–Crippen LogP) is 2.29. The van der Waals surface area contributed by atoms with Gasteiger partial charge in [0.1, 0.15) is 5.60 Å². The fourth-order valence-corrected chi connectivity index (χ4v) is 2.07. The minimum atomic E-state index is -0.328. The van der Waals surface area contributed by atoms with Gasteiger partial charge in [0.2, 0.25) is 0 Å². The van der Waals surface area contributed by atoms with Gasteiger partial charge in [0, 0.05) is 31.4 Å². The van der Waals surface area contributed by atoms with E-state index < -0.39 is 0 Å². The van der Waals surface area contributed by atoms with Gasteiger partial charge in [-0.2, -0.15) is 0 Å². The lowest BCUT2D eigenvalue weighted by Gasteiger charge is -2.21. The van der Waals surface area contributed by atoms with Gasteiger partial charge in [-0.3, -0.25) is 14.8 Å². The smallest absolute Gasteiger partial charge is 0.303 e. The number of piperidine rings is 1. The third kappa shape index (κ3) is 7.19. The van der Waals surface area contributed by atoms with Crippen LogP contribution >= 0.6 is 0 Å². The van der Waals surface area contributed by atoms with E-state index in [2.05, 4.69) is 15.3 Å². The summed E-state index contributed by atoms with van der Waals surface area (Å²) in [6.07, 6.45) is 7.77. The first-order chi connectivity index (χ1) is 9.38. The Hall–Kier alpha value is -1.49. The second-order valence-corrected chi connectivity index (χ2v) is 5.86. The van der Waals surface area contributed by atoms with E-state index in [4.69, 9.17) is 4.74 Å². The molecule has 5 nitrogen and oxygen atoms in total. The zero-order valence-electron chi connectivity index (χ0n) is 12.8. The highest BCUT2D eigenvalue weighted by atomic mass is 16.6. The molecule has 1 aliphatic rings. The maximum atomic E-state index is 10.2. The van der Waals surface area contributed by atoms with Crippen molar-refractivity contribution in [2.24, 2.45) is 0 Å². The number of rotatable bonds is 1. The Morgan fingerprint density at radius 2 is 1.95 bits per heavy atom. The van der Waals surface area contributed by atoms with Crippen LogP contribution in [0.25, 0.3) is 0 Å². The highest BCUT2D eigenvalue weighted by molar-refractivity contribution is 5.66. The van der Waals surface area contributed by atoms with Crippen molar-refractivity contribution in [3.63, 3.8) is 0 Å². The number of hydrogen-bond acceptors (Lipinski definition) is 5. The topological polar surface area (TPSA) is 64.1 Å². The summed E-state index contributed by atoms with van der Waals surface area (Å²) >= 11 is 0. The van der Waals surface area contributed by atoms with E-state index in [1.54, 1.807) is 12.4 Å². The van der Waals surface area contributed by atoms with Crippen LogP contribution in [-0.2, 0) is 9.53 Å². The van der Waals surface area contributed by atoms with E-state index in [0.717, 1.165) is 18.8 Å². The number of carbonyl (C=O) groups is 1. The van der Waals surface area contributed by atoms with Gasteiger partial charge in [-0.05, 0) is 46.7 Å². The first-order valence-electron chi connectivity index (χ1n) is 7.04. The number of nitrogens with one attached hydrogen (secondary N) is 1. The molecule has 1 aromatic rings. The van der Waals surface area contributed by atoms with Gasteiger partial charge in [-0.1, -0.05) is 0 Å². The van der Waals surface area contributed by atoms with Crippen LogP contribution in [0, 0.1) is 0 Å². The Labute approximate surface area is 121 Å². The third-order valence-corrected chi connectivity index (χ3v) is 2.79. The number of nitrogens with zero attached hydrogens (tertiary/aromatic N) is 2. The molecule has 1 saturated heterocycles. The number of aromatic nitrogens is 2. The van der Waals surface area contributed by atoms with Crippen molar-refractivity contribution in [2.75, 3.05) is 13.1 Å². The summed E-state index contributed by atoms with van der Waals surface area (Å²) in [7, 11) is 0. The van der Waals surface area contributed by atoms with Gasteiger partial charge in [-0.25, -0.2) is 0 Å². The third-order valence-electron chi connectivity index (χ3n) is 2.79. The molecular weight excluding hydrogens is 254 g/mol. The van der Waals surface area contributed by atoms with Crippen molar-refractivity contribution >= 4 is 5.97 Å². The number of ether oxygens (including phenoxy) is 1. The van der Waals surface area contributed by atoms with E-state index >= 15 is 0 Å². The Bertz CT molecular complexity index is 395. The van der Waals surface area contributed by atoms with Crippen LogP contribution in [0.5, 0.6) is 0 Å². The molecule has 2 rings (SSSR count). The molecule has 0 unspecified atom stereocenters. The van der Waals surface area contributed by atoms with E-state index in [0.29, 0.717) is 5.92 Å². The molecule has 0 atom stereocenters. The Kier molecular flexibility index (Phi) is 6.58. The summed E-state index contributed by atoms with van der Waals surface area (Å²) in [5.74, 6) is 0.400. The van der Waals surface area contributed by atoms with Crippen molar-refractivity contribution in [3.05, 3.63) is 24.3 Å². The number of esters is 1. The zero-order valence-corrected chi connectivity index (χ0v) is 12.8. The van der Waals surface area contributed by atoms with E-state index in [9.17, 15) is 4.79 Å². The molecule has 1 aromatic heterocycles. The summed E-state index contributed by atoms with van der Waals surface area (Å²) in [6.45, 7) is 9.16. The molecular formula is C15H25N3O2. The monoisotopic (exact) mass is 279 g/mol. The molecule has 1 aliphatic heterocycles. The highest BCUT2D eigenvalue weighted by Crippen LogP contribution is 2.21. The molecule has 0 bridgehead atoms. The maximum absolute atomic E-state index is 10.2. The second-order valence-electron chi connectivity index (χ2n) is 5.86. The predicted molar refractivity (Wildman–Crippen MR) is 78.4 cm³/mol. The quantitative estimate of drug-likeness (QED) is 0.799. The molecule has 0 saturated carbocycles. The summed E-state index contributed by atoms with van der Waals surface area (Å²) in [5, 5.41) is 3.34. The van der Waals surface area contributed by atoms with Crippen LogP contribution in [0.15, 0.2) is 18.6 Å². The van der Waals surface area contributed by atoms with Gasteiger partial charge in [0.15, 0.2) is 0 Å². The van der Waals surface area contributed by atoms with Crippen LogP contribution < -0.4 is 5.32 Å². The van der Waals surface area contributed by atoms with Crippen molar-refractivity contribution in [1.82, 2.24) is 15.3 Å². The molecule has 0 amide bonds. The zero-order chi connectivity index (χ0) is 15.0. The number of carbonyl (C=O) groups excluding carboxylic acids is 1. The highest BCUT2D eigenvalue weighted by Gasteiger charge is 2.15. The molecule has 1 N–H and O–H groups in total. The van der Waals surface area contributed by atoms with Crippen molar-refractivity contribution in [3.8, 4) is 0 Å². The van der Waals surface area contributed by atoms with Crippen molar-refractivity contribution in [2.45, 2.75) is 52.1 Å². The molecule has 1 fully saturated rings. The van der Waals surface area contributed by atoms with Crippen LogP contribution in [-0.4, -0.2) is 34.6 Å². The average Bonchev–Trinajstić information content (AvgIpc) is 2.39. The summed E-state index contributed by atoms with van der Waals surface area (Å²) in [4.78, 5) is 18.6. The van der Waals surface area contributed by atoms with E-state index in [1.165, 1.54) is 19.8 Å². The fraction of sp³-hybridized carbons (Fsp3) is 0.667. The normalized spacial score (nSPS) is 16.0. The summed E-state index contributed by atoms with van der Waals surface area (Å²) in [5.41, 5.74) is 0.824. The van der Waals surface area contributed by atoms with Crippen LogP contribution in [0.3, 0.4) is 0 Å². The van der Waals surface area contributed by atoms with Crippen LogP contribution in [0.2, 0.25) is 0 Å². The van der Waals surface area contributed by atoms with Gasteiger partial charge in [0.05, 0.1) is 5.69 Å². The number of hydrogen-bond donors (Lipinski definition) is 1. The second kappa shape index (κ2) is 7.94. The molecule has 112 valence electrons. The molecule has 0 radical (unpaired) electrons. The summed E-state index contributed by atoms with van der Waals surface area (Å²) in [6, 6.07) is 0. The first kappa shape index (κ1) is 16.6. The largest absolute Gasteiger partial charge is 0.460 e.